The van der Waals surface area contributed by atoms with Gasteiger partial charge in [0.25, 0.3) is 0 Å². The van der Waals surface area contributed by atoms with Gasteiger partial charge >= 0.3 is 12.1 Å². The lowest BCUT2D eigenvalue weighted by atomic mass is 10.1. The maximum atomic E-state index is 13.8. The molecule has 0 saturated heterocycles. The number of fused-ring (bicyclic) bond motifs is 1. The Hall–Kier alpha value is -2.97. The number of ether oxygens (including phenoxy) is 2. The largest absolute Gasteiger partial charge is 0.493 e. The van der Waals surface area contributed by atoms with Crippen molar-refractivity contribution in [3.8, 4) is 5.75 Å². The highest BCUT2D eigenvalue weighted by atomic mass is 19.1. The number of halogens is 2. The molecule has 7 nitrogen and oxygen atoms in total. The number of pyridine rings is 1. The number of carboxylic acid groups (broad SMARTS) is 1. The molecule has 0 fully saturated rings. The molecule has 0 bridgehead atoms. The number of aromatic nitrogens is 1. The predicted octanol–water partition coefficient (Wildman–Crippen LogP) is 2.34. The molecule has 2 rings (SSSR count). The monoisotopic (exact) mass is 340 g/mol. The van der Waals surface area contributed by atoms with E-state index in [9.17, 15) is 18.4 Å². The lowest BCUT2D eigenvalue weighted by Crippen LogP contribution is -2.25. The van der Waals surface area contributed by atoms with Crippen LogP contribution in [0.5, 0.6) is 5.75 Å². The van der Waals surface area contributed by atoms with Crippen LogP contribution in [-0.4, -0.2) is 42.4 Å². The molecule has 2 aromatic rings. The summed E-state index contributed by atoms with van der Waals surface area (Å²) >= 11 is 0. The number of alkyl carbamates (subject to hydrolysis) is 1. The molecular formula is C15H14F2N2O5. The van der Waals surface area contributed by atoms with Gasteiger partial charge in [-0.15, -0.1) is 0 Å². The molecule has 0 aliphatic carbocycles. The number of nitrogens with zero attached hydrogens (tertiary/aromatic N) is 1. The molecular weight excluding hydrogens is 326 g/mol. The number of benzene rings is 1. The van der Waals surface area contributed by atoms with Gasteiger partial charge in [0.05, 0.1) is 13.7 Å². The van der Waals surface area contributed by atoms with E-state index in [-0.39, 0.29) is 29.8 Å². The number of rotatable bonds is 6. The average molecular weight is 340 g/mol. The Morgan fingerprint density at radius 1 is 1.29 bits per heavy atom. The minimum absolute atomic E-state index is 0.00568. The smallest absolute Gasteiger partial charge is 0.406 e. The van der Waals surface area contributed by atoms with E-state index in [1.165, 1.54) is 7.11 Å². The number of methoxy groups -OCH3 is 1. The third-order valence-electron chi connectivity index (χ3n) is 3.05. The van der Waals surface area contributed by atoms with Gasteiger partial charge in [0.15, 0.2) is 11.5 Å². The maximum absolute atomic E-state index is 13.8. The van der Waals surface area contributed by atoms with Crippen LogP contribution in [0.4, 0.5) is 13.6 Å². The van der Waals surface area contributed by atoms with E-state index < -0.39 is 29.4 Å². The summed E-state index contributed by atoms with van der Waals surface area (Å²) in [4.78, 5) is 25.6. The number of aromatic carboxylic acids is 1. The fourth-order valence-corrected chi connectivity index (χ4v) is 1.97. The van der Waals surface area contributed by atoms with Gasteiger partial charge in [-0.1, -0.05) is 0 Å². The van der Waals surface area contributed by atoms with Crippen molar-refractivity contribution in [3.05, 3.63) is 35.5 Å². The van der Waals surface area contributed by atoms with E-state index in [0.717, 1.165) is 12.1 Å². The molecule has 0 saturated carbocycles. The molecule has 0 aliphatic rings. The van der Waals surface area contributed by atoms with Crippen molar-refractivity contribution in [2.24, 2.45) is 0 Å². The fraction of sp³-hybridized carbons (Fsp3) is 0.267. The first-order valence-electron chi connectivity index (χ1n) is 6.90. The van der Waals surface area contributed by atoms with Crippen molar-refractivity contribution >= 4 is 23.0 Å². The zero-order valence-electron chi connectivity index (χ0n) is 12.6. The summed E-state index contributed by atoms with van der Waals surface area (Å²) < 4.78 is 37.0. The number of carbonyl (C=O) groups is 2. The Labute approximate surface area is 135 Å². The second-order valence-corrected chi connectivity index (χ2v) is 4.71. The second-order valence-electron chi connectivity index (χ2n) is 4.71. The molecule has 1 amide bonds. The number of nitrogens with one attached hydrogen (secondary N) is 1. The molecule has 24 heavy (non-hydrogen) atoms. The van der Waals surface area contributed by atoms with Crippen molar-refractivity contribution in [1.29, 1.82) is 0 Å². The number of carbonyl (C=O) groups excluding carboxylic acids is 1. The molecule has 0 radical (unpaired) electrons. The molecule has 0 unspecified atom stereocenters. The van der Waals surface area contributed by atoms with Crippen LogP contribution < -0.4 is 10.1 Å². The summed E-state index contributed by atoms with van der Waals surface area (Å²) in [5.41, 5.74) is -0.713. The van der Waals surface area contributed by atoms with Gasteiger partial charge < -0.3 is 19.9 Å². The fourth-order valence-electron chi connectivity index (χ4n) is 1.97. The van der Waals surface area contributed by atoms with Gasteiger partial charge in [-0.25, -0.2) is 23.4 Å². The Morgan fingerprint density at radius 3 is 2.71 bits per heavy atom. The number of hydrogen-bond donors (Lipinski definition) is 2. The molecule has 2 N–H and O–H groups in total. The van der Waals surface area contributed by atoms with E-state index in [1.54, 1.807) is 0 Å². The minimum Gasteiger partial charge on any atom is -0.493 e. The number of carboxylic acids is 1. The van der Waals surface area contributed by atoms with Crippen molar-refractivity contribution in [2.75, 3.05) is 20.3 Å². The zero-order chi connectivity index (χ0) is 17.7. The molecule has 9 heteroatoms. The van der Waals surface area contributed by atoms with Crippen molar-refractivity contribution in [1.82, 2.24) is 10.3 Å². The van der Waals surface area contributed by atoms with Crippen molar-refractivity contribution in [3.63, 3.8) is 0 Å². The summed E-state index contributed by atoms with van der Waals surface area (Å²) in [5, 5.41) is 11.5. The van der Waals surface area contributed by atoms with Gasteiger partial charge in [-0.3, -0.25) is 0 Å². The molecule has 0 spiro atoms. The van der Waals surface area contributed by atoms with Crippen LogP contribution in [0.2, 0.25) is 0 Å². The van der Waals surface area contributed by atoms with Gasteiger partial charge in [0, 0.05) is 24.1 Å². The van der Waals surface area contributed by atoms with E-state index >= 15 is 0 Å². The Bertz CT molecular complexity index is 782. The minimum atomic E-state index is -1.36. The lowest BCUT2D eigenvalue weighted by Gasteiger charge is -2.11. The quantitative estimate of drug-likeness (QED) is 0.783. The first-order chi connectivity index (χ1) is 11.4. The van der Waals surface area contributed by atoms with Crippen LogP contribution in [0.3, 0.4) is 0 Å². The van der Waals surface area contributed by atoms with Crippen LogP contribution in [0.25, 0.3) is 10.9 Å². The molecule has 1 aromatic carbocycles. The Morgan fingerprint density at radius 2 is 2.04 bits per heavy atom. The van der Waals surface area contributed by atoms with Crippen LogP contribution >= 0.6 is 0 Å². The van der Waals surface area contributed by atoms with Gasteiger partial charge in [-0.2, -0.15) is 0 Å². The highest BCUT2D eigenvalue weighted by Crippen LogP contribution is 2.28. The topological polar surface area (TPSA) is 97.8 Å². The summed E-state index contributed by atoms with van der Waals surface area (Å²) in [6.45, 7) is 0.338. The number of hydrogen-bond acceptors (Lipinski definition) is 5. The summed E-state index contributed by atoms with van der Waals surface area (Å²) in [6.07, 6.45) is -0.222. The third kappa shape index (κ3) is 4.06. The second kappa shape index (κ2) is 7.53. The average Bonchev–Trinajstić information content (AvgIpc) is 2.54. The highest BCUT2D eigenvalue weighted by molar-refractivity contribution is 5.93. The summed E-state index contributed by atoms with van der Waals surface area (Å²) in [7, 11) is 1.23. The normalized spacial score (nSPS) is 10.5. The van der Waals surface area contributed by atoms with Gasteiger partial charge in [-0.05, 0) is 12.5 Å². The summed E-state index contributed by atoms with van der Waals surface area (Å²) in [6, 6.07) is 2.72. The first kappa shape index (κ1) is 17.4. The SMILES string of the molecule is COC(=O)NCCCOc1cc(C(=O)O)nc2c(F)cc(F)cc12. The highest BCUT2D eigenvalue weighted by Gasteiger charge is 2.16. The standard InChI is InChI=1S/C15H14F2N2O5/c1-23-15(22)18-3-2-4-24-12-7-11(14(20)21)19-13-9(12)5-8(16)6-10(13)17/h5-7H,2-4H2,1H3,(H,18,22)(H,20,21). The third-order valence-corrected chi connectivity index (χ3v) is 3.05. The number of amides is 1. The molecule has 1 heterocycles. The van der Waals surface area contributed by atoms with Crippen LogP contribution in [0.1, 0.15) is 16.9 Å². The van der Waals surface area contributed by atoms with Crippen LogP contribution in [0.15, 0.2) is 18.2 Å². The van der Waals surface area contributed by atoms with Crippen molar-refractivity contribution in [2.45, 2.75) is 6.42 Å². The Balaban J connectivity index is 2.21. The maximum Gasteiger partial charge on any atom is 0.406 e. The molecule has 0 aliphatic heterocycles. The van der Waals surface area contributed by atoms with E-state index in [0.29, 0.717) is 12.5 Å². The van der Waals surface area contributed by atoms with E-state index in [2.05, 4.69) is 15.0 Å². The van der Waals surface area contributed by atoms with Gasteiger partial charge in [0.1, 0.15) is 17.1 Å². The van der Waals surface area contributed by atoms with Crippen molar-refractivity contribution < 1.29 is 33.0 Å². The summed E-state index contributed by atoms with van der Waals surface area (Å²) in [5.74, 6) is -3.18. The van der Waals surface area contributed by atoms with Gasteiger partial charge in [0.2, 0.25) is 0 Å². The first-order valence-corrected chi connectivity index (χ1v) is 6.90. The lowest BCUT2D eigenvalue weighted by molar-refractivity contribution is 0.0690. The molecule has 128 valence electrons. The molecule has 1 aromatic heterocycles. The molecule has 0 atom stereocenters. The van der Waals surface area contributed by atoms with E-state index in [1.807, 2.05) is 0 Å². The van der Waals surface area contributed by atoms with E-state index in [4.69, 9.17) is 9.84 Å². The Kier molecular flexibility index (Phi) is 5.46. The van der Waals surface area contributed by atoms with Crippen LogP contribution in [-0.2, 0) is 4.74 Å². The predicted molar refractivity (Wildman–Crippen MR) is 79.1 cm³/mol. The zero-order valence-corrected chi connectivity index (χ0v) is 12.6. The van der Waals surface area contributed by atoms with Crippen LogP contribution in [0, 0.1) is 11.6 Å².